The van der Waals surface area contributed by atoms with Crippen molar-refractivity contribution < 1.29 is 9.72 Å². The lowest BCUT2D eigenvalue weighted by molar-refractivity contribution is -0.385. The number of amides is 1. The molecular formula is C15H14N2O3S. The number of benzene rings is 2. The number of nitrogens with zero attached hydrogens (tertiary/aromatic N) is 1. The summed E-state index contributed by atoms with van der Waals surface area (Å²) in [6.45, 7) is 1.94. The van der Waals surface area contributed by atoms with Gasteiger partial charge in [-0.15, -0.1) is 11.8 Å². The minimum Gasteiger partial charge on any atom is -0.322 e. The van der Waals surface area contributed by atoms with Crippen molar-refractivity contribution in [1.82, 2.24) is 0 Å². The normalized spacial score (nSPS) is 10.2. The minimum atomic E-state index is -0.547. The SMILES string of the molecule is CSc1ccc([N+](=O)[O-])c(C(=O)Nc2ccc(C)cc2)c1. The fraction of sp³-hybridized carbons (Fsp3) is 0.133. The molecule has 1 amide bonds. The number of nitro groups is 1. The molecule has 6 heteroatoms. The summed E-state index contributed by atoms with van der Waals surface area (Å²) in [7, 11) is 0. The number of hydrogen-bond acceptors (Lipinski definition) is 4. The lowest BCUT2D eigenvalue weighted by Crippen LogP contribution is -2.14. The standard InChI is InChI=1S/C15H14N2O3S/c1-10-3-5-11(6-4-10)16-15(18)13-9-12(21-2)7-8-14(13)17(19)20/h3-9H,1-2H3,(H,16,18). The molecule has 5 nitrogen and oxygen atoms in total. The summed E-state index contributed by atoms with van der Waals surface area (Å²) in [4.78, 5) is 23.6. The first-order valence-electron chi connectivity index (χ1n) is 6.21. The second kappa shape index (κ2) is 6.41. The quantitative estimate of drug-likeness (QED) is 0.528. The molecule has 0 aliphatic carbocycles. The Morgan fingerprint density at radius 2 is 1.86 bits per heavy atom. The highest BCUT2D eigenvalue weighted by Gasteiger charge is 2.20. The Morgan fingerprint density at radius 1 is 1.19 bits per heavy atom. The molecule has 0 spiro atoms. The first kappa shape index (κ1) is 15.1. The topological polar surface area (TPSA) is 72.2 Å². The van der Waals surface area contributed by atoms with Gasteiger partial charge in [0.15, 0.2) is 0 Å². The number of nitro benzene ring substituents is 1. The molecule has 1 N–H and O–H groups in total. The van der Waals surface area contributed by atoms with E-state index < -0.39 is 10.8 Å². The molecule has 0 saturated heterocycles. The summed E-state index contributed by atoms with van der Waals surface area (Å²) in [5, 5.41) is 13.7. The fourth-order valence-electron chi connectivity index (χ4n) is 1.82. The van der Waals surface area contributed by atoms with Crippen LogP contribution in [0, 0.1) is 17.0 Å². The van der Waals surface area contributed by atoms with Crippen molar-refractivity contribution in [1.29, 1.82) is 0 Å². The van der Waals surface area contributed by atoms with Gasteiger partial charge in [-0.25, -0.2) is 0 Å². The zero-order valence-electron chi connectivity index (χ0n) is 11.6. The van der Waals surface area contributed by atoms with Gasteiger partial charge >= 0.3 is 0 Å². The van der Waals surface area contributed by atoms with Gasteiger partial charge in [-0.1, -0.05) is 17.7 Å². The predicted molar refractivity (Wildman–Crippen MR) is 84.0 cm³/mol. The van der Waals surface area contributed by atoms with Gasteiger partial charge in [0, 0.05) is 16.6 Å². The van der Waals surface area contributed by atoms with E-state index in [2.05, 4.69) is 5.32 Å². The van der Waals surface area contributed by atoms with Crippen LogP contribution in [-0.4, -0.2) is 17.1 Å². The summed E-state index contributed by atoms with van der Waals surface area (Å²) >= 11 is 1.43. The molecule has 0 aliphatic rings. The molecule has 21 heavy (non-hydrogen) atoms. The highest BCUT2D eigenvalue weighted by atomic mass is 32.2. The van der Waals surface area contributed by atoms with Crippen LogP contribution in [0.4, 0.5) is 11.4 Å². The van der Waals surface area contributed by atoms with Crippen molar-refractivity contribution in [2.75, 3.05) is 11.6 Å². The Hall–Kier alpha value is -2.34. The third-order valence-electron chi connectivity index (χ3n) is 2.95. The van der Waals surface area contributed by atoms with Gasteiger partial charge in [0.25, 0.3) is 11.6 Å². The monoisotopic (exact) mass is 302 g/mol. The van der Waals surface area contributed by atoms with Crippen LogP contribution in [0.3, 0.4) is 0 Å². The van der Waals surface area contributed by atoms with E-state index in [0.717, 1.165) is 10.5 Å². The maximum absolute atomic E-state index is 12.3. The van der Waals surface area contributed by atoms with Crippen molar-refractivity contribution >= 4 is 29.0 Å². The van der Waals surface area contributed by atoms with Crippen molar-refractivity contribution in [3.63, 3.8) is 0 Å². The number of hydrogen-bond donors (Lipinski definition) is 1. The number of carbonyl (C=O) groups excluding carboxylic acids is 1. The van der Waals surface area contributed by atoms with E-state index in [0.29, 0.717) is 5.69 Å². The van der Waals surface area contributed by atoms with Crippen LogP contribution in [0.1, 0.15) is 15.9 Å². The van der Waals surface area contributed by atoms with Gasteiger partial charge in [0.05, 0.1) is 4.92 Å². The predicted octanol–water partition coefficient (Wildman–Crippen LogP) is 3.88. The van der Waals surface area contributed by atoms with Crippen molar-refractivity contribution in [3.05, 3.63) is 63.7 Å². The molecule has 0 radical (unpaired) electrons. The molecule has 2 aromatic carbocycles. The van der Waals surface area contributed by atoms with Crippen LogP contribution < -0.4 is 5.32 Å². The smallest absolute Gasteiger partial charge is 0.282 e. The van der Waals surface area contributed by atoms with E-state index in [9.17, 15) is 14.9 Å². The zero-order valence-corrected chi connectivity index (χ0v) is 12.4. The van der Waals surface area contributed by atoms with E-state index in [1.165, 1.54) is 23.9 Å². The van der Waals surface area contributed by atoms with Gasteiger partial charge in [0.2, 0.25) is 0 Å². The molecule has 0 bridgehead atoms. The highest BCUT2D eigenvalue weighted by Crippen LogP contribution is 2.25. The van der Waals surface area contributed by atoms with Crippen LogP contribution in [0.25, 0.3) is 0 Å². The molecule has 2 rings (SSSR count). The van der Waals surface area contributed by atoms with Crippen LogP contribution in [0.5, 0.6) is 0 Å². The molecular weight excluding hydrogens is 288 g/mol. The molecule has 108 valence electrons. The molecule has 0 atom stereocenters. The molecule has 0 saturated carbocycles. The summed E-state index contributed by atoms with van der Waals surface area (Å²) in [5.74, 6) is -0.485. The zero-order chi connectivity index (χ0) is 15.4. The number of nitrogens with one attached hydrogen (secondary N) is 1. The lowest BCUT2D eigenvalue weighted by Gasteiger charge is -2.07. The molecule has 0 aliphatic heterocycles. The Morgan fingerprint density at radius 3 is 2.43 bits per heavy atom. The average Bonchev–Trinajstić information content (AvgIpc) is 2.48. The second-order valence-corrected chi connectivity index (χ2v) is 5.34. The summed E-state index contributed by atoms with van der Waals surface area (Å²) < 4.78 is 0. The fourth-order valence-corrected chi connectivity index (χ4v) is 2.26. The van der Waals surface area contributed by atoms with E-state index in [1.807, 2.05) is 25.3 Å². The van der Waals surface area contributed by atoms with E-state index in [4.69, 9.17) is 0 Å². The number of thioether (sulfide) groups is 1. The van der Waals surface area contributed by atoms with Crippen LogP contribution in [-0.2, 0) is 0 Å². The third kappa shape index (κ3) is 3.61. The Bertz CT molecular complexity index is 684. The maximum Gasteiger partial charge on any atom is 0.282 e. The van der Waals surface area contributed by atoms with Gasteiger partial charge in [0.1, 0.15) is 5.56 Å². The number of aryl methyl sites for hydroxylation is 1. The molecule has 0 aromatic heterocycles. The van der Waals surface area contributed by atoms with Gasteiger partial charge in [-0.05, 0) is 37.4 Å². The van der Waals surface area contributed by atoms with Gasteiger partial charge in [-0.3, -0.25) is 14.9 Å². The Kier molecular flexibility index (Phi) is 4.59. The van der Waals surface area contributed by atoms with Crippen LogP contribution >= 0.6 is 11.8 Å². The first-order chi connectivity index (χ1) is 10.0. The van der Waals surface area contributed by atoms with Crippen molar-refractivity contribution in [2.24, 2.45) is 0 Å². The lowest BCUT2D eigenvalue weighted by atomic mass is 10.1. The van der Waals surface area contributed by atoms with Crippen LogP contribution in [0.15, 0.2) is 47.4 Å². The second-order valence-electron chi connectivity index (χ2n) is 4.46. The first-order valence-corrected chi connectivity index (χ1v) is 7.44. The van der Waals surface area contributed by atoms with Gasteiger partial charge in [-0.2, -0.15) is 0 Å². The number of carbonyl (C=O) groups is 1. The Labute approximate surface area is 126 Å². The maximum atomic E-state index is 12.3. The van der Waals surface area contributed by atoms with E-state index in [1.54, 1.807) is 18.2 Å². The summed E-state index contributed by atoms with van der Waals surface area (Å²) in [6.07, 6.45) is 1.85. The van der Waals surface area contributed by atoms with Crippen molar-refractivity contribution in [3.8, 4) is 0 Å². The van der Waals surface area contributed by atoms with Crippen LogP contribution in [0.2, 0.25) is 0 Å². The van der Waals surface area contributed by atoms with Gasteiger partial charge < -0.3 is 5.32 Å². The molecule has 0 heterocycles. The van der Waals surface area contributed by atoms with Crippen molar-refractivity contribution in [2.45, 2.75) is 11.8 Å². The summed E-state index contributed by atoms with van der Waals surface area (Å²) in [6, 6.07) is 11.8. The average molecular weight is 302 g/mol. The minimum absolute atomic E-state index is 0.0624. The molecule has 0 fully saturated rings. The molecule has 0 unspecified atom stereocenters. The number of rotatable bonds is 4. The van der Waals surface area contributed by atoms with E-state index >= 15 is 0 Å². The largest absolute Gasteiger partial charge is 0.322 e. The van der Waals surface area contributed by atoms with E-state index in [-0.39, 0.29) is 11.3 Å². The Balaban J connectivity index is 2.33. The summed E-state index contributed by atoms with van der Waals surface area (Å²) in [5.41, 5.74) is 1.54. The highest BCUT2D eigenvalue weighted by molar-refractivity contribution is 7.98. The third-order valence-corrected chi connectivity index (χ3v) is 3.68. The number of anilines is 1. The molecule has 2 aromatic rings.